The van der Waals surface area contributed by atoms with Crippen LogP contribution in [0.25, 0.3) is 11.1 Å². The zero-order valence-electron chi connectivity index (χ0n) is 28.2. The van der Waals surface area contributed by atoms with Gasteiger partial charge in [-0.25, -0.2) is 4.79 Å². The first kappa shape index (κ1) is 34.1. The zero-order valence-corrected chi connectivity index (χ0v) is 31.0. The topological polar surface area (TPSA) is 81.6 Å². The predicted molar refractivity (Wildman–Crippen MR) is 187 cm³/mol. The van der Waals surface area contributed by atoms with Crippen LogP contribution < -0.4 is 13.9 Å². The molecule has 0 unspecified atom stereocenters. The average molecular weight is 764 g/mol. The number of anilines is 3. The van der Waals surface area contributed by atoms with Gasteiger partial charge in [0.2, 0.25) is 0 Å². The second-order valence-electron chi connectivity index (χ2n) is 14.3. The number of fused-ring (bicyclic) bond motifs is 3. The van der Waals surface area contributed by atoms with E-state index >= 15 is 0 Å². The number of hydrogen-bond acceptors (Lipinski definition) is 5. The number of nitrogens with zero attached hydrogens (tertiary/aromatic N) is 4. The maximum atomic E-state index is 13.8. The van der Waals surface area contributed by atoms with Crippen LogP contribution in [0.1, 0.15) is 55.4 Å². The van der Waals surface area contributed by atoms with Gasteiger partial charge in [0.1, 0.15) is 0 Å². The molecule has 0 spiro atoms. The van der Waals surface area contributed by atoms with Gasteiger partial charge in [-0.3, -0.25) is 0 Å². The van der Waals surface area contributed by atoms with Crippen molar-refractivity contribution in [3.05, 3.63) is 95.2 Å². The van der Waals surface area contributed by atoms with Crippen LogP contribution in [0.2, 0.25) is 14.8 Å². The Balaban J connectivity index is 1.31. The van der Waals surface area contributed by atoms with E-state index in [1.807, 2.05) is 52.9 Å². The Kier molecular flexibility index (Phi) is 8.93. The monoisotopic (exact) mass is 765 g/mol. The Morgan fingerprint density at radius 2 is 1.67 bits per heavy atom. The molecule has 6 rings (SSSR count). The van der Waals surface area contributed by atoms with Gasteiger partial charge in [-0.1, -0.05) is 48.5 Å². The number of carboxylic acid groups (broad SMARTS) is 1. The van der Waals surface area contributed by atoms with Crippen molar-refractivity contribution in [3.8, 4) is 11.1 Å². The molecule has 1 amide bonds. The van der Waals surface area contributed by atoms with E-state index in [-0.39, 0.29) is 21.6 Å². The first-order valence-corrected chi connectivity index (χ1v) is 26.4. The van der Waals surface area contributed by atoms with Gasteiger partial charge in [0.25, 0.3) is 0 Å². The first-order valence-electron chi connectivity index (χ1n) is 16.4. The van der Waals surface area contributed by atoms with Crippen LogP contribution in [0.4, 0.5) is 35.3 Å². The molecule has 0 saturated carbocycles. The minimum atomic E-state index is -4.50. The first-order chi connectivity index (χ1) is 22.6. The Morgan fingerprint density at radius 3 is 2.23 bits per heavy atom. The van der Waals surface area contributed by atoms with E-state index in [1.54, 1.807) is 4.90 Å². The molecule has 1 aliphatic heterocycles. The molecule has 48 heavy (non-hydrogen) atoms. The quantitative estimate of drug-likeness (QED) is 0.184. The number of piperazine rings is 1. The van der Waals surface area contributed by atoms with Crippen molar-refractivity contribution in [2.24, 2.45) is 0 Å². The van der Waals surface area contributed by atoms with Crippen molar-refractivity contribution in [3.63, 3.8) is 0 Å². The minimum absolute atomic E-state index is 0.0560. The molecular weight excluding hydrogens is 722 g/mol. The fraction of sp³-hybridized carbons (Fsp3) is 0.378. The van der Waals surface area contributed by atoms with Gasteiger partial charge in [-0.2, -0.15) is 0 Å². The third-order valence-electron chi connectivity index (χ3n) is 9.74. The molecule has 1 fully saturated rings. The van der Waals surface area contributed by atoms with Gasteiger partial charge in [0.05, 0.1) is 0 Å². The van der Waals surface area contributed by atoms with E-state index in [2.05, 4.69) is 69.6 Å². The van der Waals surface area contributed by atoms with Crippen LogP contribution in [0.15, 0.2) is 72.9 Å². The number of aromatic nitrogens is 2. The molecule has 4 aromatic rings. The molecule has 11 heteroatoms. The van der Waals surface area contributed by atoms with Crippen molar-refractivity contribution in [1.82, 2.24) is 14.9 Å². The number of benzene rings is 3. The zero-order chi connectivity index (χ0) is 34.6. The Labute approximate surface area is 284 Å². The molecule has 2 heterocycles. The Bertz CT molecular complexity index is 1810. The fourth-order valence-corrected chi connectivity index (χ4v) is 11.9. The van der Waals surface area contributed by atoms with E-state index < -0.39 is 41.7 Å². The third kappa shape index (κ3) is 6.35. The summed E-state index contributed by atoms with van der Waals surface area (Å²) in [6, 6.07) is 22.5. The molecule has 3 aromatic carbocycles. The molecule has 1 saturated heterocycles. The molecule has 252 valence electrons. The van der Waals surface area contributed by atoms with E-state index in [4.69, 9.17) is 0 Å². The summed E-state index contributed by atoms with van der Waals surface area (Å²) in [6.07, 6.45) is -3.23. The molecule has 1 aliphatic carbocycles. The van der Waals surface area contributed by atoms with E-state index in [0.717, 1.165) is 23.1 Å². The van der Waals surface area contributed by atoms with Crippen LogP contribution in [0.5, 0.6) is 0 Å². The Morgan fingerprint density at radius 1 is 1.04 bits per heavy atom. The SMILES string of the molecule is CCc1cc(N2C[C@@H](C)N(C(=O)O)[C@@](C)(CC3c4ccccc4-c4ccccc43)C2)ccc1Nc1ncc(C(F)(F)F)[c]([Sn]([CH3])([CH3])[CH3])n1. The van der Waals surface area contributed by atoms with Gasteiger partial charge in [0, 0.05) is 5.92 Å². The second kappa shape index (κ2) is 12.6. The number of nitrogens with one attached hydrogen (secondary N) is 1. The number of alkyl halides is 3. The average Bonchev–Trinajstić information content (AvgIpc) is 3.32. The number of aryl methyl sites for hydroxylation is 1. The standard InChI is InChI=1S/C34H33F3N5O2.3CH3.Sn/c1-4-22-15-24(13-14-30(22)40-31-38-17-23(18-39-31)34(35,36)37)41-19-21(2)42(32(43)44)33(3,20-41)16-29-27-11-7-5-9-25(27)26-10-6-8-12-28(26)29;;;;/h5-15,17,21,29H,4,16,19-20H2,1-3H3,(H,43,44)(H,38,39,40);3*1H3;/t21-,33+;;;;/m1..../s1. The van der Waals surface area contributed by atoms with Gasteiger partial charge in [-0.15, -0.1) is 0 Å². The summed E-state index contributed by atoms with van der Waals surface area (Å²) in [7, 11) is 0. The number of halogens is 3. The van der Waals surface area contributed by atoms with Gasteiger partial charge in [-0.05, 0) is 22.3 Å². The summed E-state index contributed by atoms with van der Waals surface area (Å²) in [5.74, 6) is 0.209. The van der Waals surface area contributed by atoms with Crippen molar-refractivity contribution in [2.45, 2.75) is 72.1 Å². The summed E-state index contributed by atoms with van der Waals surface area (Å²) < 4.78 is 41.4. The molecule has 2 aliphatic rings. The summed E-state index contributed by atoms with van der Waals surface area (Å²) in [5, 5.41) is 13.7. The number of rotatable bonds is 7. The summed E-state index contributed by atoms with van der Waals surface area (Å²) >= 11 is -3.26. The summed E-state index contributed by atoms with van der Waals surface area (Å²) in [6.45, 7) is 7.08. The van der Waals surface area contributed by atoms with Crippen LogP contribution >= 0.6 is 0 Å². The van der Waals surface area contributed by atoms with Crippen molar-refractivity contribution < 1.29 is 23.1 Å². The number of hydrogen-bond donors (Lipinski definition) is 2. The molecule has 1 aromatic heterocycles. The molecule has 7 nitrogen and oxygen atoms in total. The third-order valence-corrected chi connectivity index (χ3v) is 14.9. The van der Waals surface area contributed by atoms with E-state index in [0.29, 0.717) is 25.9 Å². The molecule has 0 bridgehead atoms. The Hall–Kier alpha value is -3.80. The predicted octanol–water partition coefficient (Wildman–Crippen LogP) is 8.50. The van der Waals surface area contributed by atoms with Crippen LogP contribution in [0, 0.1) is 0 Å². The summed E-state index contributed by atoms with van der Waals surface area (Å²) in [5.41, 5.74) is 6.07. The summed E-state index contributed by atoms with van der Waals surface area (Å²) in [4.78, 5) is 30.9. The van der Waals surface area contributed by atoms with E-state index in [9.17, 15) is 23.1 Å². The van der Waals surface area contributed by atoms with E-state index in [1.165, 1.54) is 22.3 Å². The van der Waals surface area contributed by atoms with Gasteiger partial charge >= 0.3 is 199 Å². The van der Waals surface area contributed by atoms with Crippen molar-refractivity contribution in [2.75, 3.05) is 23.3 Å². The fourth-order valence-electron chi connectivity index (χ4n) is 7.72. The molecule has 2 N–H and O–H groups in total. The molecule has 2 atom stereocenters. The molecule has 0 radical (unpaired) electrons. The van der Waals surface area contributed by atoms with Crippen LogP contribution in [0.3, 0.4) is 0 Å². The molecular formula is C37H42F3N5O2Sn. The van der Waals surface area contributed by atoms with Crippen LogP contribution in [-0.2, 0) is 12.6 Å². The number of amides is 1. The van der Waals surface area contributed by atoms with Crippen molar-refractivity contribution in [1.29, 1.82) is 0 Å². The second-order valence-corrected chi connectivity index (χ2v) is 28.5. The van der Waals surface area contributed by atoms with Crippen molar-refractivity contribution >= 4 is 45.5 Å². The van der Waals surface area contributed by atoms with Gasteiger partial charge in [0.15, 0.2) is 0 Å². The number of carbonyl (C=O) groups is 1. The van der Waals surface area contributed by atoms with Gasteiger partial charge < -0.3 is 5.11 Å². The van der Waals surface area contributed by atoms with Crippen LogP contribution in [-0.4, -0.2) is 69.1 Å². The normalized spacial score (nSPS) is 19.6. The maximum absolute atomic E-state index is 13.8.